The van der Waals surface area contributed by atoms with Crippen molar-refractivity contribution < 1.29 is 39.0 Å². The van der Waals surface area contributed by atoms with Crippen LogP contribution in [0.5, 0.6) is 0 Å². The molecule has 5 unspecified atom stereocenters. The number of hydrogen-bond acceptors (Lipinski definition) is 8. The number of aromatic nitrogens is 2. The van der Waals surface area contributed by atoms with Gasteiger partial charge in [0.1, 0.15) is 18.1 Å². The van der Waals surface area contributed by atoms with E-state index in [0.717, 1.165) is 0 Å². The van der Waals surface area contributed by atoms with Crippen LogP contribution >= 0.6 is 0 Å². The van der Waals surface area contributed by atoms with Gasteiger partial charge in [-0.15, -0.1) is 0 Å². The fraction of sp³-hybridized carbons (Fsp3) is 0.571. The van der Waals surface area contributed by atoms with Crippen LogP contribution in [-0.4, -0.2) is 79.9 Å². The van der Waals surface area contributed by atoms with Crippen molar-refractivity contribution >= 4 is 35.6 Å². The molecule has 0 saturated heterocycles. The summed E-state index contributed by atoms with van der Waals surface area (Å²) in [5.41, 5.74) is 11.7. The fourth-order valence-electron chi connectivity index (χ4n) is 3.15. The minimum atomic E-state index is -1.72. The van der Waals surface area contributed by atoms with Gasteiger partial charge in [-0.25, -0.2) is 9.78 Å². The van der Waals surface area contributed by atoms with Crippen molar-refractivity contribution in [2.24, 2.45) is 17.4 Å². The molecule has 0 saturated carbocycles. The van der Waals surface area contributed by atoms with Gasteiger partial charge >= 0.3 is 11.9 Å². The maximum absolute atomic E-state index is 13.0. The molecule has 0 spiro atoms. The van der Waals surface area contributed by atoms with E-state index in [9.17, 15) is 33.9 Å². The van der Waals surface area contributed by atoms with Crippen molar-refractivity contribution in [3.63, 3.8) is 0 Å². The van der Waals surface area contributed by atoms with E-state index < -0.39 is 72.1 Å². The first-order valence-corrected chi connectivity index (χ1v) is 11.2. The van der Waals surface area contributed by atoms with Crippen molar-refractivity contribution in [1.29, 1.82) is 0 Å². The number of hydrogen-bond donors (Lipinski definition) is 8. The molecule has 0 aliphatic carbocycles. The summed E-state index contributed by atoms with van der Waals surface area (Å²) in [6.45, 7) is 3.35. The van der Waals surface area contributed by atoms with Gasteiger partial charge in [0, 0.05) is 24.7 Å². The largest absolute Gasteiger partial charge is 0.481 e. The number of primary amides is 1. The van der Waals surface area contributed by atoms with Crippen molar-refractivity contribution in [1.82, 2.24) is 25.9 Å². The first-order valence-electron chi connectivity index (χ1n) is 11.2. The van der Waals surface area contributed by atoms with Gasteiger partial charge < -0.3 is 42.6 Å². The van der Waals surface area contributed by atoms with Crippen LogP contribution in [0.2, 0.25) is 0 Å². The quantitative estimate of drug-likeness (QED) is 0.117. The first-order chi connectivity index (χ1) is 16.8. The second kappa shape index (κ2) is 14.4. The number of nitrogens with zero attached hydrogens (tertiary/aromatic N) is 1. The Bertz CT molecular complexity index is 937. The molecule has 5 atom stereocenters. The molecule has 1 aromatic heterocycles. The number of imidazole rings is 1. The number of carboxylic acids is 2. The predicted octanol–water partition coefficient (Wildman–Crippen LogP) is -2.40. The van der Waals surface area contributed by atoms with E-state index in [1.807, 2.05) is 0 Å². The number of amides is 4. The van der Waals surface area contributed by atoms with E-state index >= 15 is 0 Å². The van der Waals surface area contributed by atoms with E-state index in [4.69, 9.17) is 16.6 Å². The van der Waals surface area contributed by atoms with Crippen LogP contribution in [0.15, 0.2) is 12.5 Å². The summed E-state index contributed by atoms with van der Waals surface area (Å²) in [6.07, 6.45) is 2.07. The Hall–Kier alpha value is -4.01. The third-order valence-corrected chi connectivity index (χ3v) is 5.43. The highest BCUT2D eigenvalue weighted by Crippen LogP contribution is 2.11. The molecule has 0 aliphatic rings. The summed E-state index contributed by atoms with van der Waals surface area (Å²) in [5, 5.41) is 25.1. The number of rotatable bonds is 16. The number of carbonyl (C=O) groups is 6. The third kappa shape index (κ3) is 10.1. The van der Waals surface area contributed by atoms with Crippen LogP contribution < -0.4 is 27.4 Å². The maximum Gasteiger partial charge on any atom is 0.326 e. The Balaban J connectivity index is 3.01. The van der Waals surface area contributed by atoms with Gasteiger partial charge in [-0.2, -0.15) is 0 Å². The molecular formula is C21H33N7O8. The number of carboxylic acid groups (broad SMARTS) is 2. The number of nitrogens with one attached hydrogen (secondary N) is 4. The van der Waals surface area contributed by atoms with Crippen LogP contribution in [0, 0.1) is 5.92 Å². The average molecular weight is 512 g/mol. The SMILES string of the molecule is CCC(C)C(NC(=O)C(CCC(N)=O)NC(=O)C(N)Cc1cnc[nH]1)C(=O)NC(CC(=O)O)C(=O)O. The molecule has 0 aliphatic heterocycles. The molecule has 1 heterocycles. The van der Waals surface area contributed by atoms with Gasteiger partial charge in [-0.1, -0.05) is 20.3 Å². The molecule has 15 nitrogen and oxygen atoms in total. The summed E-state index contributed by atoms with van der Waals surface area (Å²) in [5.74, 6) is -6.66. The normalized spacial score (nSPS) is 15.0. The molecule has 0 fully saturated rings. The summed E-state index contributed by atoms with van der Waals surface area (Å²) in [4.78, 5) is 78.6. The van der Waals surface area contributed by atoms with E-state index in [-0.39, 0.29) is 19.3 Å². The Morgan fingerprint density at radius 3 is 2.17 bits per heavy atom. The van der Waals surface area contributed by atoms with Crippen molar-refractivity contribution in [2.45, 2.75) is 70.1 Å². The van der Waals surface area contributed by atoms with Gasteiger partial charge in [0.15, 0.2) is 0 Å². The van der Waals surface area contributed by atoms with Gasteiger partial charge in [0.25, 0.3) is 0 Å². The van der Waals surface area contributed by atoms with Crippen LogP contribution in [0.4, 0.5) is 0 Å². The third-order valence-electron chi connectivity index (χ3n) is 5.43. The minimum Gasteiger partial charge on any atom is -0.481 e. The van der Waals surface area contributed by atoms with Crippen LogP contribution in [0.1, 0.15) is 45.2 Å². The highest BCUT2D eigenvalue weighted by atomic mass is 16.4. The number of aliphatic carboxylic acids is 2. The molecular weight excluding hydrogens is 478 g/mol. The topological polar surface area (TPSA) is 260 Å². The summed E-state index contributed by atoms with van der Waals surface area (Å²) >= 11 is 0. The van der Waals surface area contributed by atoms with Crippen molar-refractivity contribution in [2.75, 3.05) is 0 Å². The second-order valence-electron chi connectivity index (χ2n) is 8.32. The molecule has 0 bridgehead atoms. The lowest BCUT2D eigenvalue weighted by Crippen LogP contribution is -2.59. The maximum atomic E-state index is 13.0. The number of carbonyl (C=O) groups excluding carboxylic acids is 4. The zero-order valence-corrected chi connectivity index (χ0v) is 20.0. The summed E-state index contributed by atoms with van der Waals surface area (Å²) < 4.78 is 0. The molecule has 36 heavy (non-hydrogen) atoms. The zero-order chi connectivity index (χ0) is 27.4. The Kier molecular flexibility index (Phi) is 12.0. The molecule has 1 aromatic rings. The van der Waals surface area contributed by atoms with E-state index in [0.29, 0.717) is 12.1 Å². The Morgan fingerprint density at radius 1 is 1.03 bits per heavy atom. The zero-order valence-electron chi connectivity index (χ0n) is 20.0. The van der Waals surface area contributed by atoms with E-state index in [1.54, 1.807) is 13.8 Å². The molecule has 200 valence electrons. The molecule has 15 heteroatoms. The van der Waals surface area contributed by atoms with Crippen LogP contribution in [0.3, 0.4) is 0 Å². The smallest absolute Gasteiger partial charge is 0.326 e. The van der Waals surface area contributed by atoms with Crippen molar-refractivity contribution in [3.05, 3.63) is 18.2 Å². The molecule has 1 rings (SSSR count). The Labute approximate surface area is 206 Å². The van der Waals surface area contributed by atoms with Gasteiger partial charge in [0.05, 0.1) is 18.8 Å². The number of H-pyrrole nitrogens is 1. The predicted molar refractivity (Wildman–Crippen MR) is 124 cm³/mol. The lowest BCUT2D eigenvalue weighted by atomic mass is 9.97. The van der Waals surface area contributed by atoms with E-state index in [1.165, 1.54) is 12.5 Å². The monoisotopic (exact) mass is 511 g/mol. The highest BCUT2D eigenvalue weighted by molar-refractivity contribution is 5.95. The Morgan fingerprint density at radius 2 is 1.67 bits per heavy atom. The van der Waals surface area contributed by atoms with Crippen molar-refractivity contribution in [3.8, 4) is 0 Å². The summed E-state index contributed by atoms with van der Waals surface area (Å²) in [7, 11) is 0. The fourth-order valence-corrected chi connectivity index (χ4v) is 3.15. The van der Waals surface area contributed by atoms with Gasteiger partial charge in [-0.3, -0.25) is 24.0 Å². The van der Waals surface area contributed by atoms with E-state index in [2.05, 4.69) is 25.9 Å². The minimum absolute atomic E-state index is 0.0913. The standard InChI is InChI=1S/C21H33N7O8/c1-3-10(2)17(20(34)27-14(21(35)36)7-16(30)31)28-19(33)13(4-5-15(23)29)26-18(32)12(22)6-11-8-24-9-25-11/h8-10,12-14,17H,3-7,22H2,1-2H3,(H2,23,29)(H,24,25)(H,26,32)(H,27,34)(H,28,33)(H,30,31)(H,35,36). The number of nitrogens with two attached hydrogens (primary N) is 2. The average Bonchev–Trinajstić information content (AvgIpc) is 3.31. The highest BCUT2D eigenvalue weighted by Gasteiger charge is 2.33. The molecule has 0 aromatic carbocycles. The molecule has 10 N–H and O–H groups in total. The van der Waals surface area contributed by atoms with Crippen LogP contribution in [0.25, 0.3) is 0 Å². The lowest BCUT2D eigenvalue weighted by molar-refractivity contribution is -0.147. The summed E-state index contributed by atoms with van der Waals surface area (Å²) in [6, 6.07) is -5.32. The van der Waals surface area contributed by atoms with Gasteiger partial charge in [-0.05, 0) is 12.3 Å². The molecule has 4 amide bonds. The lowest BCUT2D eigenvalue weighted by Gasteiger charge is -2.28. The van der Waals surface area contributed by atoms with Crippen LogP contribution in [-0.2, 0) is 35.2 Å². The number of aromatic amines is 1. The van der Waals surface area contributed by atoms with Gasteiger partial charge in [0.2, 0.25) is 23.6 Å². The second-order valence-corrected chi connectivity index (χ2v) is 8.32. The first kappa shape index (κ1) is 30.0. The molecule has 0 radical (unpaired) electrons.